The summed E-state index contributed by atoms with van der Waals surface area (Å²) in [5.41, 5.74) is 9.82. The number of fused-ring (bicyclic) bond motifs is 4. The summed E-state index contributed by atoms with van der Waals surface area (Å²) in [6.07, 6.45) is 7.81. The highest BCUT2D eigenvalue weighted by Gasteiger charge is 2.58. The number of thioether (sulfide) groups is 1. The van der Waals surface area contributed by atoms with Crippen molar-refractivity contribution in [3.8, 4) is 11.1 Å². The Morgan fingerprint density at radius 2 is 2.08 bits per heavy atom. The van der Waals surface area contributed by atoms with Gasteiger partial charge in [-0.2, -0.15) is 0 Å². The lowest BCUT2D eigenvalue weighted by molar-refractivity contribution is -0.104. The molecule has 4 nitrogen and oxygen atoms in total. The highest BCUT2D eigenvalue weighted by atomic mass is 32.2. The average Bonchev–Trinajstić information content (AvgIpc) is 3.41. The van der Waals surface area contributed by atoms with E-state index in [9.17, 15) is 4.79 Å². The number of rotatable bonds is 5. The van der Waals surface area contributed by atoms with Gasteiger partial charge in [0.2, 0.25) is 0 Å². The SMILES string of the molecule is CC.CNC(=S)S/C(C=O)=C\c1cccc(-c2cc(C34CC3=C3CC(CC3C)C4)cc3nc(C)oc23)c1. The highest BCUT2D eigenvalue weighted by Crippen LogP contribution is 2.67. The maximum Gasteiger partial charge on any atom is 0.192 e. The molecule has 3 aliphatic carbocycles. The number of benzene rings is 2. The average molecular weight is 531 g/mol. The lowest BCUT2D eigenvalue weighted by Gasteiger charge is -2.23. The predicted molar refractivity (Wildman–Crippen MR) is 159 cm³/mol. The summed E-state index contributed by atoms with van der Waals surface area (Å²) >= 11 is 6.48. The summed E-state index contributed by atoms with van der Waals surface area (Å²) in [6, 6.07) is 12.9. The molecule has 2 aromatic carbocycles. The number of carbonyl (C=O) groups excluding carboxylic acids is 1. The molecule has 3 atom stereocenters. The van der Waals surface area contributed by atoms with Crippen molar-refractivity contribution >= 4 is 51.8 Å². The molecular weight excluding hydrogens is 496 g/mol. The summed E-state index contributed by atoms with van der Waals surface area (Å²) < 4.78 is 6.66. The van der Waals surface area contributed by atoms with Crippen molar-refractivity contribution in [3.05, 3.63) is 69.5 Å². The van der Waals surface area contributed by atoms with E-state index < -0.39 is 0 Å². The van der Waals surface area contributed by atoms with E-state index in [0.29, 0.717) is 15.1 Å². The van der Waals surface area contributed by atoms with E-state index in [1.54, 1.807) is 18.2 Å². The first-order valence-electron chi connectivity index (χ1n) is 13.2. The normalized spacial score (nSPS) is 23.9. The van der Waals surface area contributed by atoms with Gasteiger partial charge in [-0.05, 0) is 78.5 Å². The van der Waals surface area contributed by atoms with E-state index in [4.69, 9.17) is 21.6 Å². The number of thiocarbonyl (C=S) groups is 1. The lowest BCUT2D eigenvalue weighted by Crippen LogP contribution is -2.15. The van der Waals surface area contributed by atoms with E-state index >= 15 is 0 Å². The molecule has 1 aromatic heterocycles. The quantitative estimate of drug-likeness (QED) is 0.156. The lowest BCUT2D eigenvalue weighted by atomic mass is 9.80. The van der Waals surface area contributed by atoms with Crippen LogP contribution in [-0.2, 0) is 10.2 Å². The number of aromatic nitrogens is 1. The second-order valence-electron chi connectivity index (χ2n) is 10.2. The fourth-order valence-electron chi connectivity index (χ4n) is 6.42. The molecule has 3 aliphatic rings. The topological polar surface area (TPSA) is 55.1 Å². The zero-order valence-corrected chi connectivity index (χ0v) is 23.8. The van der Waals surface area contributed by atoms with Crippen molar-refractivity contribution < 1.29 is 9.21 Å². The third-order valence-electron chi connectivity index (χ3n) is 7.93. The molecule has 2 saturated carbocycles. The molecule has 1 N–H and O–H groups in total. The zero-order chi connectivity index (χ0) is 26.3. The van der Waals surface area contributed by atoms with E-state index in [1.807, 2.05) is 39.0 Å². The molecule has 6 heteroatoms. The van der Waals surface area contributed by atoms with Crippen molar-refractivity contribution in [1.82, 2.24) is 10.3 Å². The second kappa shape index (κ2) is 10.2. The number of oxazole rings is 1. The molecule has 0 radical (unpaired) electrons. The number of aldehydes is 1. The second-order valence-corrected chi connectivity index (χ2v) is 12.0. The predicted octanol–water partition coefficient (Wildman–Crippen LogP) is 7.99. The first-order valence-corrected chi connectivity index (χ1v) is 14.4. The Morgan fingerprint density at radius 1 is 1.27 bits per heavy atom. The molecule has 192 valence electrons. The van der Waals surface area contributed by atoms with Crippen LogP contribution in [-0.4, -0.2) is 22.6 Å². The molecule has 0 spiro atoms. The summed E-state index contributed by atoms with van der Waals surface area (Å²) in [5, 5.41) is 2.90. The van der Waals surface area contributed by atoms with E-state index in [-0.39, 0.29) is 5.41 Å². The van der Waals surface area contributed by atoms with Gasteiger partial charge in [-0.1, -0.05) is 74.1 Å². The fraction of sp³-hybridized carbons (Fsp3) is 0.387. The molecule has 3 aromatic rings. The number of allylic oxidation sites excluding steroid dienone is 3. The van der Waals surface area contributed by atoms with Crippen LogP contribution < -0.4 is 5.32 Å². The minimum Gasteiger partial charge on any atom is -0.440 e. The summed E-state index contributed by atoms with van der Waals surface area (Å²) in [7, 11) is 1.76. The van der Waals surface area contributed by atoms with Gasteiger partial charge in [0.25, 0.3) is 0 Å². The van der Waals surface area contributed by atoms with Gasteiger partial charge in [0.15, 0.2) is 17.8 Å². The molecule has 1 heterocycles. The first-order chi connectivity index (χ1) is 17.9. The maximum absolute atomic E-state index is 11.6. The van der Waals surface area contributed by atoms with Crippen LogP contribution in [0.25, 0.3) is 28.3 Å². The van der Waals surface area contributed by atoms with Crippen molar-refractivity contribution in [2.24, 2.45) is 11.8 Å². The summed E-state index contributed by atoms with van der Waals surface area (Å²) in [4.78, 5) is 16.9. The van der Waals surface area contributed by atoms with E-state index in [0.717, 1.165) is 45.9 Å². The molecule has 0 aliphatic heterocycles. The smallest absolute Gasteiger partial charge is 0.192 e. The van der Waals surface area contributed by atoms with Gasteiger partial charge in [0, 0.05) is 24.9 Å². The number of nitrogens with zero attached hydrogens (tertiary/aromatic N) is 1. The Balaban J connectivity index is 0.00000137. The van der Waals surface area contributed by atoms with Crippen LogP contribution >= 0.6 is 24.0 Å². The maximum atomic E-state index is 11.6. The molecule has 0 amide bonds. The molecule has 6 rings (SSSR count). The molecule has 3 unspecified atom stereocenters. The number of nitrogens with one attached hydrogen (secondary N) is 1. The van der Waals surface area contributed by atoms with Crippen molar-refractivity contribution in [1.29, 1.82) is 0 Å². The third kappa shape index (κ3) is 4.70. The van der Waals surface area contributed by atoms with Crippen LogP contribution in [0.5, 0.6) is 0 Å². The molecule has 0 saturated heterocycles. The summed E-state index contributed by atoms with van der Waals surface area (Å²) in [6.45, 7) is 8.31. The van der Waals surface area contributed by atoms with Gasteiger partial charge < -0.3 is 9.73 Å². The number of hydrogen-bond acceptors (Lipinski definition) is 5. The van der Waals surface area contributed by atoms with Crippen LogP contribution in [0.1, 0.15) is 63.5 Å². The van der Waals surface area contributed by atoms with Gasteiger partial charge in [0.05, 0.1) is 4.91 Å². The molecular formula is C31H34N2O2S2. The van der Waals surface area contributed by atoms with Gasteiger partial charge in [-0.25, -0.2) is 4.98 Å². The Hall–Kier alpha value is -2.70. The van der Waals surface area contributed by atoms with Gasteiger partial charge in [0.1, 0.15) is 9.84 Å². The van der Waals surface area contributed by atoms with Crippen LogP contribution in [0.15, 0.2) is 56.9 Å². The van der Waals surface area contributed by atoms with Crippen molar-refractivity contribution in [2.45, 2.75) is 58.8 Å². The largest absolute Gasteiger partial charge is 0.440 e. The third-order valence-corrected chi connectivity index (χ3v) is 9.23. The Bertz CT molecular complexity index is 1450. The van der Waals surface area contributed by atoms with E-state index in [2.05, 4.69) is 36.5 Å². The van der Waals surface area contributed by atoms with Crippen LogP contribution in [0, 0.1) is 18.8 Å². The summed E-state index contributed by atoms with van der Waals surface area (Å²) in [5.74, 6) is 2.22. The fourth-order valence-corrected chi connectivity index (χ4v) is 7.26. The first kappa shape index (κ1) is 25.9. The van der Waals surface area contributed by atoms with Crippen LogP contribution in [0.4, 0.5) is 0 Å². The van der Waals surface area contributed by atoms with Gasteiger partial charge in [-0.15, -0.1) is 0 Å². The Morgan fingerprint density at radius 3 is 2.84 bits per heavy atom. The van der Waals surface area contributed by atoms with Gasteiger partial charge >= 0.3 is 0 Å². The molecule has 37 heavy (non-hydrogen) atoms. The minimum atomic E-state index is 0.195. The van der Waals surface area contributed by atoms with Crippen molar-refractivity contribution in [2.75, 3.05) is 7.05 Å². The monoisotopic (exact) mass is 530 g/mol. The van der Waals surface area contributed by atoms with Crippen molar-refractivity contribution in [3.63, 3.8) is 0 Å². The minimum absolute atomic E-state index is 0.195. The van der Waals surface area contributed by atoms with Crippen LogP contribution in [0.3, 0.4) is 0 Å². The molecule has 2 fully saturated rings. The number of carbonyl (C=O) groups is 1. The van der Waals surface area contributed by atoms with Crippen LogP contribution in [0.2, 0.25) is 0 Å². The standard InChI is InChI=1S/C29H28N2O2S2.C2H6/c1-16-7-19-10-23(16)25-14-29(25,13-19)21-11-24(27-26(12-21)31-17(2)33-27)20-6-4-5-18(8-20)9-22(15-32)35-28(34)30-3;1-2/h4-6,8-9,11-12,15-16,19H,7,10,13-14H2,1-3H3,(H,30,34);1-2H3/b22-9-;. The van der Waals surface area contributed by atoms with E-state index in [1.165, 1.54) is 43.0 Å². The van der Waals surface area contributed by atoms with Gasteiger partial charge in [-0.3, -0.25) is 4.79 Å². The number of aryl methyl sites for hydroxylation is 1. The zero-order valence-electron chi connectivity index (χ0n) is 22.2. The molecule has 2 bridgehead atoms. The highest BCUT2D eigenvalue weighted by molar-refractivity contribution is 8.26. The Kier molecular flexibility index (Phi) is 7.16. The number of hydrogen-bond donors (Lipinski definition) is 1. The Labute approximate surface area is 229 Å².